The van der Waals surface area contributed by atoms with Gasteiger partial charge in [0.1, 0.15) is 5.82 Å². The number of hydrogen-bond acceptors (Lipinski definition) is 4. The van der Waals surface area contributed by atoms with E-state index in [1.807, 2.05) is 19.9 Å². The zero-order valence-corrected chi connectivity index (χ0v) is 11.9. The van der Waals surface area contributed by atoms with E-state index >= 15 is 0 Å². The van der Waals surface area contributed by atoms with E-state index in [9.17, 15) is 4.79 Å². The smallest absolute Gasteiger partial charge is 0.252 e. The van der Waals surface area contributed by atoms with E-state index in [1.54, 1.807) is 12.3 Å². The molecule has 106 valence electrons. The van der Waals surface area contributed by atoms with E-state index in [1.165, 1.54) is 0 Å². The summed E-state index contributed by atoms with van der Waals surface area (Å²) in [4.78, 5) is 16.0. The van der Waals surface area contributed by atoms with Crippen LogP contribution in [-0.2, 0) is 4.74 Å². The Kier molecular flexibility index (Phi) is 6.89. The molecule has 1 aromatic heterocycles. The molecule has 1 heterocycles. The molecule has 1 amide bonds. The number of hydrogen-bond donors (Lipinski definition) is 2. The topological polar surface area (TPSA) is 63.2 Å². The van der Waals surface area contributed by atoms with Crippen LogP contribution in [0.5, 0.6) is 0 Å². The number of carbonyl (C=O) groups is 1. The van der Waals surface area contributed by atoms with Gasteiger partial charge in [0.25, 0.3) is 5.91 Å². The van der Waals surface area contributed by atoms with Crippen molar-refractivity contribution in [2.45, 2.75) is 33.3 Å². The zero-order valence-electron chi connectivity index (χ0n) is 11.9. The molecule has 0 aromatic carbocycles. The molecule has 5 nitrogen and oxygen atoms in total. The lowest BCUT2D eigenvalue weighted by molar-refractivity contribution is 0.0695. The van der Waals surface area contributed by atoms with Gasteiger partial charge in [-0.2, -0.15) is 0 Å². The van der Waals surface area contributed by atoms with Gasteiger partial charge < -0.3 is 15.4 Å². The maximum Gasteiger partial charge on any atom is 0.252 e. The summed E-state index contributed by atoms with van der Waals surface area (Å²) >= 11 is 0. The minimum absolute atomic E-state index is 0.0207. The molecule has 0 saturated heterocycles. The van der Waals surface area contributed by atoms with Gasteiger partial charge in [0.2, 0.25) is 0 Å². The van der Waals surface area contributed by atoms with Gasteiger partial charge in [0.05, 0.1) is 11.7 Å². The highest BCUT2D eigenvalue weighted by atomic mass is 16.5. The standard InChI is InChI=1S/C14H23N3O2/c1-4-8-15-13-7-6-12(10-16-13)14(18)17-9-11(3)19-5-2/h6-7,10-11H,4-5,8-9H2,1-3H3,(H,15,16)(H,17,18). The molecule has 0 radical (unpaired) electrons. The molecular weight excluding hydrogens is 242 g/mol. The lowest BCUT2D eigenvalue weighted by atomic mass is 10.2. The molecular formula is C14H23N3O2. The molecule has 0 fully saturated rings. The molecule has 0 aliphatic rings. The molecule has 1 atom stereocenters. The van der Waals surface area contributed by atoms with Crippen LogP contribution in [0, 0.1) is 0 Å². The lowest BCUT2D eigenvalue weighted by Crippen LogP contribution is -2.32. The highest BCUT2D eigenvalue weighted by molar-refractivity contribution is 5.94. The summed E-state index contributed by atoms with van der Waals surface area (Å²) in [6.07, 6.45) is 2.64. The Morgan fingerprint density at radius 2 is 2.21 bits per heavy atom. The van der Waals surface area contributed by atoms with E-state index in [-0.39, 0.29) is 12.0 Å². The first kappa shape index (κ1) is 15.4. The van der Waals surface area contributed by atoms with Crippen molar-refractivity contribution in [3.05, 3.63) is 23.9 Å². The van der Waals surface area contributed by atoms with E-state index < -0.39 is 0 Å². The Hall–Kier alpha value is -1.62. The molecule has 0 bridgehead atoms. The van der Waals surface area contributed by atoms with Crippen molar-refractivity contribution in [3.63, 3.8) is 0 Å². The highest BCUT2D eigenvalue weighted by Crippen LogP contribution is 2.05. The number of rotatable bonds is 8. The van der Waals surface area contributed by atoms with Crippen LogP contribution in [0.15, 0.2) is 18.3 Å². The molecule has 0 aliphatic carbocycles. The number of ether oxygens (including phenoxy) is 1. The van der Waals surface area contributed by atoms with Gasteiger partial charge in [-0.1, -0.05) is 6.92 Å². The monoisotopic (exact) mass is 265 g/mol. The SMILES string of the molecule is CCCNc1ccc(C(=O)NCC(C)OCC)cn1. The minimum atomic E-state index is -0.124. The summed E-state index contributed by atoms with van der Waals surface area (Å²) < 4.78 is 5.35. The first-order valence-electron chi connectivity index (χ1n) is 6.77. The minimum Gasteiger partial charge on any atom is -0.377 e. The normalized spacial score (nSPS) is 11.9. The predicted molar refractivity (Wildman–Crippen MR) is 76.4 cm³/mol. The van der Waals surface area contributed by atoms with Gasteiger partial charge in [-0.05, 0) is 32.4 Å². The lowest BCUT2D eigenvalue weighted by Gasteiger charge is -2.12. The number of nitrogens with one attached hydrogen (secondary N) is 2. The van der Waals surface area contributed by atoms with Gasteiger partial charge in [-0.15, -0.1) is 0 Å². The Morgan fingerprint density at radius 1 is 1.42 bits per heavy atom. The van der Waals surface area contributed by atoms with Crippen LogP contribution in [0.2, 0.25) is 0 Å². The van der Waals surface area contributed by atoms with Crippen molar-refractivity contribution in [2.24, 2.45) is 0 Å². The molecule has 1 unspecified atom stereocenters. The van der Waals surface area contributed by atoms with Gasteiger partial charge in [-0.25, -0.2) is 4.98 Å². The van der Waals surface area contributed by atoms with E-state index in [0.717, 1.165) is 18.8 Å². The number of pyridine rings is 1. The number of carbonyl (C=O) groups excluding carboxylic acids is 1. The van der Waals surface area contributed by atoms with Crippen molar-refractivity contribution in [1.82, 2.24) is 10.3 Å². The molecule has 0 aliphatic heterocycles. The second-order valence-electron chi connectivity index (χ2n) is 4.33. The molecule has 2 N–H and O–H groups in total. The maximum atomic E-state index is 11.9. The van der Waals surface area contributed by atoms with Gasteiger partial charge in [-0.3, -0.25) is 4.79 Å². The van der Waals surface area contributed by atoms with Crippen LogP contribution in [0.1, 0.15) is 37.6 Å². The van der Waals surface area contributed by atoms with Crippen LogP contribution in [0.25, 0.3) is 0 Å². The Labute approximate surface area is 114 Å². The van der Waals surface area contributed by atoms with Crippen molar-refractivity contribution in [2.75, 3.05) is 25.0 Å². The summed E-state index contributed by atoms with van der Waals surface area (Å²) in [5.74, 6) is 0.669. The first-order valence-corrected chi connectivity index (χ1v) is 6.77. The second kappa shape index (κ2) is 8.48. The van der Waals surface area contributed by atoms with Gasteiger partial charge in [0.15, 0.2) is 0 Å². The summed E-state index contributed by atoms with van der Waals surface area (Å²) in [5, 5.41) is 5.99. The molecule has 1 aromatic rings. The van der Waals surface area contributed by atoms with Crippen molar-refractivity contribution in [3.8, 4) is 0 Å². The molecule has 0 spiro atoms. The number of amides is 1. The third-order valence-electron chi connectivity index (χ3n) is 2.58. The van der Waals surface area contributed by atoms with Gasteiger partial charge in [0, 0.05) is 25.9 Å². The van der Waals surface area contributed by atoms with Crippen LogP contribution in [0.3, 0.4) is 0 Å². The third-order valence-corrected chi connectivity index (χ3v) is 2.58. The molecule has 1 rings (SSSR count). The third kappa shape index (κ3) is 5.70. The van der Waals surface area contributed by atoms with Crippen LogP contribution in [-0.4, -0.2) is 36.7 Å². The fourth-order valence-corrected chi connectivity index (χ4v) is 1.57. The summed E-state index contributed by atoms with van der Waals surface area (Å²) in [6, 6.07) is 3.59. The first-order chi connectivity index (χ1) is 9.17. The quantitative estimate of drug-likeness (QED) is 0.755. The zero-order chi connectivity index (χ0) is 14.1. The predicted octanol–water partition coefficient (Wildman–Crippen LogP) is 2.06. The number of anilines is 1. The fraction of sp³-hybridized carbons (Fsp3) is 0.571. The summed E-state index contributed by atoms with van der Waals surface area (Å²) in [5.41, 5.74) is 0.561. The molecule has 19 heavy (non-hydrogen) atoms. The summed E-state index contributed by atoms with van der Waals surface area (Å²) in [7, 11) is 0. The highest BCUT2D eigenvalue weighted by Gasteiger charge is 2.08. The number of aromatic nitrogens is 1. The molecule has 5 heteroatoms. The van der Waals surface area contributed by atoms with E-state index in [4.69, 9.17) is 4.74 Å². The van der Waals surface area contributed by atoms with Gasteiger partial charge >= 0.3 is 0 Å². The van der Waals surface area contributed by atoms with E-state index in [2.05, 4.69) is 22.5 Å². The Balaban J connectivity index is 2.44. The Bertz CT molecular complexity index is 379. The summed E-state index contributed by atoms with van der Waals surface area (Å²) in [6.45, 7) is 7.99. The fourth-order valence-electron chi connectivity index (χ4n) is 1.57. The maximum absolute atomic E-state index is 11.9. The Morgan fingerprint density at radius 3 is 2.79 bits per heavy atom. The van der Waals surface area contributed by atoms with Crippen molar-refractivity contribution < 1.29 is 9.53 Å². The second-order valence-corrected chi connectivity index (χ2v) is 4.33. The number of nitrogens with zero attached hydrogens (tertiary/aromatic N) is 1. The average molecular weight is 265 g/mol. The van der Waals surface area contributed by atoms with Crippen molar-refractivity contribution in [1.29, 1.82) is 0 Å². The molecule has 0 saturated carbocycles. The van der Waals surface area contributed by atoms with Crippen LogP contribution < -0.4 is 10.6 Å². The average Bonchev–Trinajstić information content (AvgIpc) is 2.43. The van der Waals surface area contributed by atoms with E-state index in [0.29, 0.717) is 18.7 Å². The largest absolute Gasteiger partial charge is 0.377 e. The van der Waals surface area contributed by atoms with Crippen LogP contribution in [0.4, 0.5) is 5.82 Å². The van der Waals surface area contributed by atoms with Crippen molar-refractivity contribution >= 4 is 11.7 Å². The van der Waals surface area contributed by atoms with Crippen LogP contribution >= 0.6 is 0 Å².